The van der Waals surface area contributed by atoms with Crippen LogP contribution in [0.15, 0.2) is 229 Å². The Morgan fingerprint density at radius 3 is 1.69 bits per heavy atom. The molecule has 0 amide bonds. The van der Waals surface area contributed by atoms with Gasteiger partial charge in [0.25, 0.3) is 0 Å². The third kappa shape index (κ3) is 5.76. The molecule has 0 aliphatic rings. The Balaban J connectivity index is 1.10. The molecule has 5 aromatic heterocycles. The van der Waals surface area contributed by atoms with Crippen LogP contribution in [0, 0.1) is 0 Å². The summed E-state index contributed by atoms with van der Waals surface area (Å²) in [5, 5.41) is 9.27. The van der Waals surface area contributed by atoms with Crippen LogP contribution in [0.4, 0.5) is 0 Å². The fraction of sp³-hybridized carbons (Fsp3) is 0. The molecule has 5 heterocycles. The predicted octanol–water partition coefficient (Wildman–Crippen LogP) is 17.0. The average Bonchev–Trinajstić information content (AvgIpc) is 4.19. The maximum atomic E-state index is 7.06. The Labute approximate surface area is 404 Å². The van der Waals surface area contributed by atoms with Crippen LogP contribution in [0.25, 0.3) is 142 Å². The fourth-order valence-electron chi connectivity index (χ4n) is 10.9. The SMILES string of the molecule is c1ccc(-c2nc(-c3ccccc3)nc(-c3ccc(-n4c5ccccc5c5c4c(-c4ccc6sc7ccccc7c6c4)cc4c6ccccc6n(-c6ccccc6)c45)c4c3oc3ccccc34)n2)cc1. The van der Waals surface area contributed by atoms with Gasteiger partial charge in [-0.05, 0) is 72.3 Å². The van der Waals surface area contributed by atoms with Gasteiger partial charge in [-0.15, -0.1) is 11.3 Å². The molecule has 0 fully saturated rings. The van der Waals surface area contributed by atoms with Gasteiger partial charge >= 0.3 is 0 Å². The third-order valence-electron chi connectivity index (χ3n) is 14.0. The van der Waals surface area contributed by atoms with Gasteiger partial charge in [0.15, 0.2) is 17.5 Å². The number of furan rings is 1. The average molecular weight is 912 g/mol. The Hall–Kier alpha value is -9.17. The summed E-state index contributed by atoms with van der Waals surface area (Å²) >= 11 is 1.85. The van der Waals surface area contributed by atoms with Crippen molar-refractivity contribution in [3.05, 3.63) is 224 Å². The maximum Gasteiger partial charge on any atom is 0.167 e. The summed E-state index contributed by atoms with van der Waals surface area (Å²) in [7, 11) is 0. The highest BCUT2D eigenvalue weighted by molar-refractivity contribution is 7.25. The normalized spacial score (nSPS) is 12.0. The van der Waals surface area contributed by atoms with Crippen molar-refractivity contribution in [2.75, 3.05) is 0 Å². The topological polar surface area (TPSA) is 61.7 Å². The van der Waals surface area contributed by atoms with Gasteiger partial charge in [0, 0.05) is 69.5 Å². The van der Waals surface area contributed by atoms with Crippen molar-refractivity contribution in [2.24, 2.45) is 0 Å². The van der Waals surface area contributed by atoms with E-state index in [0.29, 0.717) is 23.1 Å². The van der Waals surface area contributed by atoms with Gasteiger partial charge in [-0.25, -0.2) is 15.0 Å². The van der Waals surface area contributed by atoms with Crippen LogP contribution < -0.4 is 0 Å². The summed E-state index contributed by atoms with van der Waals surface area (Å²) in [6, 6.07) is 79.7. The Bertz CT molecular complexity index is 4530. The summed E-state index contributed by atoms with van der Waals surface area (Å²) < 4.78 is 14.6. The molecule has 0 saturated heterocycles. The highest BCUT2D eigenvalue weighted by atomic mass is 32.1. The van der Waals surface area contributed by atoms with Crippen LogP contribution >= 0.6 is 11.3 Å². The summed E-state index contributed by atoms with van der Waals surface area (Å²) in [6.45, 7) is 0. The van der Waals surface area contributed by atoms with Gasteiger partial charge in [0.05, 0.1) is 38.7 Å². The fourth-order valence-corrected chi connectivity index (χ4v) is 12.0. The lowest BCUT2D eigenvalue weighted by Gasteiger charge is -2.16. The quantitative estimate of drug-likeness (QED) is 0.167. The van der Waals surface area contributed by atoms with Crippen molar-refractivity contribution in [1.82, 2.24) is 24.1 Å². The van der Waals surface area contributed by atoms with Crippen molar-refractivity contribution < 1.29 is 4.42 Å². The van der Waals surface area contributed by atoms with Gasteiger partial charge in [-0.3, -0.25) is 0 Å². The first-order valence-corrected chi connectivity index (χ1v) is 24.3. The number of fused-ring (bicyclic) bond motifs is 13. The predicted molar refractivity (Wildman–Crippen MR) is 290 cm³/mol. The highest BCUT2D eigenvalue weighted by Crippen LogP contribution is 2.49. The van der Waals surface area contributed by atoms with E-state index in [9.17, 15) is 0 Å². The number of thiophene rings is 1. The van der Waals surface area contributed by atoms with E-state index >= 15 is 0 Å². The zero-order valence-corrected chi connectivity index (χ0v) is 38.2. The largest absolute Gasteiger partial charge is 0.455 e. The first-order valence-electron chi connectivity index (χ1n) is 23.5. The molecular formula is C63H37N5OS. The van der Waals surface area contributed by atoms with Gasteiger partial charge in [0.1, 0.15) is 11.2 Å². The molecule has 0 aliphatic heterocycles. The molecule has 15 rings (SSSR count). The van der Waals surface area contributed by atoms with E-state index in [1.165, 1.54) is 41.8 Å². The molecule has 7 heteroatoms. The lowest BCUT2D eigenvalue weighted by atomic mass is 9.96. The third-order valence-corrected chi connectivity index (χ3v) is 15.1. The second kappa shape index (κ2) is 15.2. The maximum absolute atomic E-state index is 7.06. The molecule has 0 spiro atoms. The number of rotatable bonds is 6. The minimum absolute atomic E-state index is 0.539. The molecule has 0 N–H and O–H groups in total. The van der Waals surface area contributed by atoms with Crippen molar-refractivity contribution in [3.8, 4) is 56.7 Å². The van der Waals surface area contributed by atoms with E-state index in [-0.39, 0.29) is 0 Å². The second-order valence-electron chi connectivity index (χ2n) is 17.9. The number of para-hydroxylation sites is 4. The molecule has 0 bridgehead atoms. The smallest absolute Gasteiger partial charge is 0.167 e. The Kier molecular flexibility index (Phi) is 8.43. The van der Waals surface area contributed by atoms with Gasteiger partial charge < -0.3 is 13.6 Å². The minimum Gasteiger partial charge on any atom is -0.455 e. The van der Waals surface area contributed by atoms with Gasteiger partial charge in [-0.1, -0.05) is 158 Å². The van der Waals surface area contributed by atoms with E-state index < -0.39 is 0 Å². The second-order valence-corrected chi connectivity index (χ2v) is 19.0. The number of hydrogen-bond acceptors (Lipinski definition) is 5. The highest BCUT2D eigenvalue weighted by Gasteiger charge is 2.28. The Morgan fingerprint density at radius 1 is 0.357 bits per heavy atom. The molecule has 70 heavy (non-hydrogen) atoms. The molecule has 0 aliphatic carbocycles. The molecule has 10 aromatic carbocycles. The zero-order valence-electron chi connectivity index (χ0n) is 37.4. The summed E-state index contributed by atoms with van der Waals surface area (Å²) in [4.78, 5) is 15.5. The van der Waals surface area contributed by atoms with E-state index in [1.54, 1.807) is 0 Å². The molecule has 0 atom stereocenters. The molecule has 326 valence electrons. The van der Waals surface area contributed by atoms with Crippen molar-refractivity contribution in [1.29, 1.82) is 0 Å². The van der Waals surface area contributed by atoms with Crippen LogP contribution in [0.3, 0.4) is 0 Å². The van der Waals surface area contributed by atoms with Gasteiger partial charge in [-0.2, -0.15) is 0 Å². The van der Waals surface area contributed by atoms with E-state index in [4.69, 9.17) is 19.4 Å². The number of hydrogen-bond donors (Lipinski definition) is 0. The van der Waals surface area contributed by atoms with Crippen LogP contribution in [-0.4, -0.2) is 24.1 Å². The van der Waals surface area contributed by atoms with E-state index in [0.717, 1.165) is 77.5 Å². The van der Waals surface area contributed by atoms with E-state index in [2.05, 4.69) is 167 Å². The molecule has 6 nitrogen and oxygen atoms in total. The number of nitrogens with zero attached hydrogens (tertiary/aromatic N) is 5. The van der Waals surface area contributed by atoms with E-state index in [1.807, 2.05) is 78.1 Å². The summed E-state index contributed by atoms with van der Waals surface area (Å²) in [6.07, 6.45) is 0. The van der Waals surface area contributed by atoms with Crippen LogP contribution in [-0.2, 0) is 0 Å². The summed E-state index contributed by atoms with van der Waals surface area (Å²) in [5.41, 5.74) is 13.0. The summed E-state index contributed by atoms with van der Waals surface area (Å²) in [5.74, 6) is 1.73. The molecule has 0 unspecified atom stereocenters. The zero-order chi connectivity index (χ0) is 45.9. The van der Waals surface area contributed by atoms with Crippen LogP contribution in [0.2, 0.25) is 0 Å². The minimum atomic E-state index is 0.539. The number of aromatic nitrogens is 5. The van der Waals surface area contributed by atoms with Crippen molar-refractivity contribution in [3.63, 3.8) is 0 Å². The molecular weight excluding hydrogens is 875 g/mol. The first kappa shape index (κ1) is 38.9. The van der Waals surface area contributed by atoms with Crippen LogP contribution in [0.1, 0.15) is 0 Å². The standard InChI is InChI=1S/C63H37N5OS/c1-4-18-38(19-5-1)61-64-62(39-20-6-2-7-21-39)66-63(65-61)46-33-34-52(56-45-27-12-16-30-53(45)69-60(46)56)68-51-29-15-11-26-44(51)57-58(68)47(40-32-35-55-48(36-40)43-25-13-17-31-54(43)70-55)37-49-42-24-10-14-28-50(42)67(59(49)57)41-22-8-3-9-23-41/h1-37H. The first-order chi connectivity index (χ1) is 34.7. The van der Waals surface area contributed by atoms with Crippen molar-refractivity contribution >= 4 is 97.1 Å². The molecule has 0 radical (unpaired) electrons. The van der Waals surface area contributed by atoms with Crippen LogP contribution in [0.5, 0.6) is 0 Å². The number of benzene rings is 10. The lowest BCUT2D eigenvalue weighted by molar-refractivity contribution is 0.669. The molecule has 15 aromatic rings. The van der Waals surface area contributed by atoms with Gasteiger partial charge in [0.2, 0.25) is 0 Å². The van der Waals surface area contributed by atoms with Crippen molar-refractivity contribution in [2.45, 2.75) is 0 Å². The monoisotopic (exact) mass is 911 g/mol. The Morgan fingerprint density at radius 2 is 0.943 bits per heavy atom. The molecule has 0 saturated carbocycles. The lowest BCUT2D eigenvalue weighted by Crippen LogP contribution is -2.01.